The quantitative estimate of drug-likeness (QED) is 0.882. The zero-order valence-corrected chi connectivity index (χ0v) is 11.1. The number of anilines is 1. The van der Waals surface area contributed by atoms with E-state index in [-0.39, 0.29) is 6.10 Å². The number of aliphatic hydroxyl groups excluding tert-OH is 1. The molecule has 1 heterocycles. The lowest BCUT2D eigenvalue weighted by Crippen LogP contribution is -2.28. The summed E-state index contributed by atoms with van der Waals surface area (Å²) in [4.78, 5) is 4.24. The summed E-state index contributed by atoms with van der Waals surface area (Å²) in [6.07, 6.45) is 5.24. The van der Waals surface area contributed by atoms with Crippen LogP contribution in [0.5, 0.6) is 0 Å². The Balaban J connectivity index is 1.98. The van der Waals surface area contributed by atoms with Gasteiger partial charge in [0.15, 0.2) is 0 Å². The van der Waals surface area contributed by atoms with Crippen molar-refractivity contribution in [2.45, 2.75) is 37.8 Å². The molecular formula is C11H14BrClN2O. The van der Waals surface area contributed by atoms with E-state index in [9.17, 15) is 5.11 Å². The molecule has 0 spiro atoms. The Hall–Kier alpha value is -0.320. The summed E-state index contributed by atoms with van der Waals surface area (Å²) in [6, 6.07) is 2.20. The number of aliphatic hydroxyl groups is 1. The molecular weight excluding hydrogens is 291 g/mol. The maximum absolute atomic E-state index is 9.41. The van der Waals surface area contributed by atoms with E-state index in [1.807, 2.05) is 6.07 Å². The summed E-state index contributed by atoms with van der Waals surface area (Å²) in [5.41, 5.74) is 0. The van der Waals surface area contributed by atoms with E-state index >= 15 is 0 Å². The average molecular weight is 306 g/mol. The van der Waals surface area contributed by atoms with Gasteiger partial charge in [0.05, 0.1) is 11.1 Å². The second-order valence-corrected chi connectivity index (χ2v) is 5.46. The van der Waals surface area contributed by atoms with Crippen LogP contribution in [0.1, 0.15) is 25.7 Å². The van der Waals surface area contributed by atoms with Gasteiger partial charge < -0.3 is 10.4 Å². The second-order valence-electron chi connectivity index (χ2n) is 4.13. The topological polar surface area (TPSA) is 45.1 Å². The highest BCUT2D eigenvalue weighted by atomic mass is 79.9. The molecule has 1 aliphatic carbocycles. The number of hydrogen-bond donors (Lipinski definition) is 2. The first-order valence-electron chi connectivity index (χ1n) is 5.41. The van der Waals surface area contributed by atoms with Crippen LogP contribution in [0.4, 0.5) is 5.82 Å². The van der Waals surface area contributed by atoms with Gasteiger partial charge in [-0.2, -0.15) is 0 Å². The van der Waals surface area contributed by atoms with Crippen molar-refractivity contribution in [3.63, 3.8) is 0 Å². The maximum Gasteiger partial charge on any atom is 0.145 e. The van der Waals surface area contributed by atoms with Gasteiger partial charge in [0, 0.05) is 16.7 Å². The van der Waals surface area contributed by atoms with Crippen LogP contribution >= 0.6 is 27.5 Å². The van der Waals surface area contributed by atoms with Crippen molar-refractivity contribution in [3.05, 3.63) is 21.8 Å². The van der Waals surface area contributed by atoms with Crippen molar-refractivity contribution in [1.82, 2.24) is 4.98 Å². The van der Waals surface area contributed by atoms with Crippen molar-refractivity contribution in [1.29, 1.82) is 0 Å². The minimum atomic E-state index is -0.133. The number of halogens is 2. The van der Waals surface area contributed by atoms with E-state index in [1.54, 1.807) is 6.20 Å². The highest BCUT2D eigenvalue weighted by Crippen LogP contribution is 2.27. The molecule has 2 rings (SSSR count). The lowest BCUT2D eigenvalue weighted by Gasteiger charge is -2.26. The molecule has 1 saturated carbocycles. The molecule has 3 nitrogen and oxygen atoms in total. The minimum absolute atomic E-state index is 0.133. The molecule has 1 aromatic rings. The van der Waals surface area contributed by atoms with Gasteiger partial charge in [0.25, 0.3) is 0 Å². The number of nitrogens with one attached hydrogen (secondary N) is 1. The number of aromatic nitrogens is 1. The molecule has 0 amide bonds. The predicted molar refractivity (Wildman–Crippen MR) is 68.8 cm³/mol. The molecule has 5 heteroatoms. The summed E-state index contributed by atoms with van der Waals surface area (Å²) in [5, 5.41) is 13.4. The van der Waals surface area contributed by atoms with E-state index in [2.05, 4.69) is 26.2 Å². The van der Waals surface area contributed by atoms with Crippen LogP contribution in [0.2, 0.25) is 5.02 Å². The Kier molecular flexibility index (Phi) is 4.05. The fourth-order valence-corrected chi connectivity index (χ4v) is 2.62. The Morgan fingerprint density at radius 2 is 2.06 bits per heavy atom. The monoisotopic (exact) mass is 304 g/mol. The Bertz CT molecular complexity index is 367. The average Bonchev–Trinajstić information content (AvgIpc) is 2.25. The molecule has 16 heavy (non-hydrogen) atoms. The highest BCUT2D eigenvalue weighted by molar-refractivity contribution is 9.10. The van der Waals surface area contributed by atoms with E-state index < -0.39 is 0 Å². The Morgan fingerprint density at radius 1 is 1.38 bits per heavy atom. The molecule has 0 atom stereocenters. The third kappa shape index (κ3) is 3.09. The molecule has 88 valence electrons. The van der Waals surface area contributed by atoms with Crippen LogP contribution in [-0.4, -0.2) is 22.2 Å². The van der Waals surface area contributed by atoms with Crippen LogP contribution in [0.3, 0.4) is 0 Å². The molecule has 0 unspecified atom stereocenters. The van der Waals surface area contributed by atoms with Gasteiger partial charge in [-0.3, -0.25) is 0 Å². The standard InChI is InChI=1S/C11H14BrClN2O/c12-7-5-10(13)11(14-6-7)15-8-1-3-9(16)4-2-8/h5-6,8-9,16H,1-4H2,(H,14,15). The lowest BCUT2D eigenvalue weighted by atomic mass is 9.93. The van der Waals surface area contributed by atoms with Gasteiger partial charge in [-0.15, -0.1) is 0 Å². The lowest BCUT2D eigenvalue weighted by molar-refractivity contribution is 0.126. The van der Waals surface area contributed by atoms with Gasteiger partial charge in [-0.05, 0) is 47.7 Å². The van der Waals surface area contributed by atoms with E-state index in [4.69, 9.17) is 11.6 Å². The summed E-state index contributed by atoms with van der Waals surface area (Å²) >= 11 is 9.39. The fourth-order valence-electron chi connectivity index (χ4n) is 1.93. The normalized spacial score (nSPS) is 25.4. The third-order valence-electron chi connectivity index (χ3n) is 2.85. The number of pyridine rings is 1. The van der Waals surface area contributed by atoms with E-state index in [1.165, 1.54) is 0 Å². The van der Waals surface area contributed by atoms with Crippen LogP contribution in [0, 0.1) is 0 Å². The molecule has 0 bridgehead atoms. The van der Waals surface area contributed by atoms with Gasteiger partial charge in [0.1, 0.15) is 5.82 Å². The zero-order chi connectivity index (χ0) is 11.5. The molecule has 0 radical (unpaired) electrons. The van der Waals surface area contributed by atoms with Crippen molar-refractivity contribution in [2.24, 2.45) is 0 Å². The number of hydrogen-bond acceptors (Lipinski definition) is 3. The first-order valence-corrected chi connectivity index (χ1v) is 6.58. The molecule has 2 N–H and O–H groups in total. The van der Waals surface area contributed by atoms with Crippen molar-refractivity contribution >= 4 is 33.3 Å². The zero-order valence-electron chi connectivity index (χ0n) is 8.79. The maximum atomic E-state index is 9.41. The highest BCUT2D eigenvalue weighted by Gasteiger charge is 2.20. The SMILES string of the molecule is OC1CCC(Nc2ncc(Br)cc2Cl)CC1. The third-order valence-corrected chi connectivity index (χ3v) is 3.57. The summed E-state index contributed by atoms with van der Waals surface area (Å²) in [6.45, 7) is 0. The molecule has 0 saturated heterocycles. The van der Waals surface area contributed by atoms with E-state index in [0.717, 1.165) is 36.0 Å². The number of nitrogens with zero attached hydrogens (tertiary/aromatic N) is 1. The van der Waals surface area contributed by atoms with Crippen LogP contribution in [-0.2, 0) is 0 Å². The van der Waals surface area contributed by atoms with Crippen molar-refractivity contribution in [3.8, 4) is 0 Å². The fraction of sp³-hybridized carbons (Fsp3) is 0.545. The molecule has 0 aliphatic heterocycles. The van der Waals surface area contributed by atoms with Crippen LogP contribution in [0.15, 0.2) is 16.7 Å². The minimum Gasteiger partial charge on any atom is -0.393 e. The number of rotatable bonds is 2. The smallest absolute Gasteiger partial charge is 0.145 e. The predicted octanol–water partition coefficient (Wildman–Crippen LogP) is 3.21. The van der Waals surface area contributed by atoms with Gasteiger partial charge in [-0.25, -0.2) is 4.98 Å². The molecule has 1 fully saturated rings. The first kappa shape index (κ1) is 12.1. The molecule has 1 aromatic heterocycles. The van der Waals surface area contributed by atoms with E-state index in [0.29, 0.717) is 11.1 Å². The van der Waals surface area contributed by atoms with Gasteiger partial charge in [0.2, 0.25) is 0 Å². The summed E-state index contributed by atoms with van der Waals surface area (Å²) < 4.78 is 0.877. The summed E-state index contributed by atoms with van der Waals surface area (Å²) in [7, 11) is 0. The molecule has 1 aliphatic rings. The van der Waals surface area contributed by atoms with Crippen molar-refractivity contribution in [2.75, 3.05) is 5.32 Å². The first-order chi connectivity index (χ1) is 7.65. The van der Waals surface area contributed by atoms with Gasteiger partial charge >= 0.3 is 0 Å². The largest absolute Gasteiger partial charge is 0.393 e. The summed E-state index contributed by atoms with van der Waals surface area (Å²) in [5.74, 6) is 0.728. The van der Waals surface area contributed by atoms with Crippen LogP contribution in [0.25, 0.3) is 0 Å². The van der Waals surface area contributed by atoms with Crippen LogP contribution < -0.4 is 5.32 Å². The van der Waals surface area contributed by atoms with Crippen molar-refractivity contribution < 1.29 is 5.11 Å². The Morgan fingerprint density at radius 3 is 2.69 bits per heavy atom. The molecule has 0 aromatic carbocycles. The Labute approximate surface area is 108 Å². The van der Waals surface area contributed by atoms with Gasteiger partial charge in [-0.1, -0.05) is 11.6 Å². The second kappa shape index (κ2) is 5.34.